The van der Waals surface area contributed by atoms with Crippen LogP contribution in [0.15, 0.2) is 16.9 Å². The Bertz CT molecular complexity index is 345. The number of piperidine rings is 1. The minimum atomic E-state index is -4.10. The lowest BCUT2D eigenvalue weighted by molar-refractivity contribution is -0.148. The van der Waals surface area contributed by atoms with E-state index in [0.717, 1.165) is 18.5 Å². The van der Waals surface area contributed by atoms with Crippen molar-refractivity contribution in [2.45, 2.75) is 31.6 Å². The molecule has 4 nitrogen and oxygen atoms in total. The van der Waals surface area contributed by atoms with E-state index in [1.165, 1.54) is 11.2 Å². The molecule has 1 fully saturated rings. The number of nitrogens with zero attached hydrogens (tertiary/aromatic N) is 2. The van der Waals surface area contributed by atoms with Gasteiger partial charge in [-0.15, -0.1) is 0 Å². The van der Waals surface area contributed by atoms with Crippen molar-refractivity contribution in [3.8, 4) is 0 Å². The maximum atomic E-state index is 12.2. The SMILES string of the molecule is FC(F)(F)CN1CCC(NCc2ccon2)CC1. The van der Waals surface area contributed by atoms with E-state index < -0.39 is 12.7 Å². The maximum absolute atomic E-state index is 12.2. The van der Waals surface area contributed by atoms with Crippen LogP contribution in [0.2, 0.25) is 0 Å². The summed E-state index contributed by atoms with van der Waals surface area (Å²) in [5.41, 5.74) is 0.813. The molecule has 0 aliphatic carbocycles. The molecule has 1 aromatic heterocycles. The van der Waals surface area contributed by atoms with Crippen LogP contribution in [0, 0.1) is 0 Å². The van der Waals surface area contributed by atoms with Crippen molar-refractivity contribution in [3.05, 3.63) is 18.0 Å². The van der Waals surface area contributed by atoms with E-state index in [1.54, 1.807) is 6.07 Å². The molecule has 0 amide bonds. The van der Waals surface area contributed by atoms with Crippen molar-refractivity contribution in [1.82, 2.24) is 15.4 Å². The first-order valence-corrected chi connectivity index (χ1v) is 5.95. The summed E-state index contributed by atoms with van der Waals surface area (Å²) >= 11 is 0. The first kappa shape index (κ1) is 13.4. The molecule has 18 heavy (non-hydrogen) atoms. The summed E-state index contributed by atoms with van der Waals surface area (Å²) in [6, 6.07) is 2.03. The zero-order chi connectivity index (χ0) is 13.0. The topological polar surface area (TPSA) is 41.3 Å². The Hall–Kier alpha value is -1.08. The predicted molar refractivity (Wildman–Crippen MR) is 58.9 cm³/mol. The first-order chi connectivity index (χ1) is 8.53. The Morgan fingerprint density at radius 2 is 2.11 bits per heavy atom. The Balaban J connectivity index is 1.67. The highest BCUT2D eigenvalue weighted by Crippen LogP contribution is 2.19. The number of likely N-dealkylation sites (tertiary alicyclic amines) is 1. The fraction of sp³-hybridized carbons (Fsp3) is 0.727. The Kier molecular flexibility index (Phi) is 4.23. The average Bonchev–Trinajstić information content (AvgIpc) is 2.79. The summed E-state index contributed by atoms with van der Waals surface area (Å²) in [5, 5.41) is 7.04. The van der Waals surface area contributed by atoms with E-state index in [0.29, 0.717) is 19.6 Å². The van der Waals surface area contributed by atoms with Crippen molar-refractivity contribution in [3.63, 3.8) is 0 Å². The van der Waals surface area contributed by atoms with Gasteiger partial charge in [-0.2, -0.15) is 13.2 Å². The molecule has 1 aromatic rings. The highest BCUT2D eigenvalue weighted by Gasteiger charge is 2.32. The van der Waals surface area contributed by atoms with E-state index in [2.05, 4.69) is 10.5 Å². The Morgan fingerprint density at radius 1 is 1.39 bits per heavy atom. The highest BCUT2D eigenvalue weighted by molar-refractivity contribution is 4.95. The van der Waals surface area contributed by atoms with Gasteiger partial charge in [0.05, 0.1) is 12.2 Å². The van der Waals surface area contributed by atoms with E-state index in [9.17, 15) is 13.2 Å². The van der Waals surface area contributed by atoms with Crippen LogP contribution in [0.3, 0.4) is 0 Å². The third-order valence-electron chi connectivity index (χ3n) is 3.05. The van der Waals surface area contributed by atoms with Gasteiger partial charge in [0.25, 0.3) is 0 Å². The van der Waals surface area contributed by atoms with Gasteiger partial charge in [-0.3, -0.25) is 4.90 Å². The number of hydrogen-bond donors (Lipinski definition) is 1. The van der Waals surface area contributed by atoms with Crippen molar-refractivity contribution in [2.24, 2.45) is 0 Å². The summed E-state index contributed by atoms with van der Waals surface area (Å²) in [5.74, 6) is 0. The van der Waals surface area contributed by atoms with Crippen LogP contribution >= 0.6 is 0 Å². The predicted octanol–water partition coefficient (Wildman–Crippen LogP) is 1.79. The van der Waals surface area contributed by atoms with E-state index in [4.69, 9.17) is 4.52 Å². The second kappa shape index (κ2) is 5.71. The standard InChI is InChI=1S/C11H16F3N3O/c12-11(13,14)8-17-4-1-9(2-5-17)15-7-10-3-6-18-16-10/h3,6,9,15H,1-2,4-5,7-8H2. The molecular formula is C11H16F3N3O. The molecule has 0 atom stereocenters. The van der Waals surface area contributed by atoms with Crippen molar-refractivity contribution >= 4 is 0 Å². The van der Waals surface area contributed by atoms with Gasteiger partial charge in [0, 0.05) is 18.7 Å². The molecule has 1 N–H and O–H groups in total. The number of halogens is 3. The molecule has 0 spiro atoms. The second-order valence-electron chi connectivity index (χ2n) is 4.54. The minimum Gasteiger partial charge on any atom is -0.364 e. The van der Waals surface area contributed by atoms with Crippen LogP contribution < -0.4 is 5.32 Å². The maximum Gasteiger partial charge on any atom is 0.401 e. The smallest absolute Gasteiger partial charge is 0.364 e. The molecule has 2 heterocycles. The van der Waals surface area contributed by atoms with Gasteiger partial charge in [-0.05, 0) is 25.9 Å². The molecule has 0 unspecified atom stereocenters. The summed E-state index contributed by atoms with van der Waals surface area (Å²) in [6.07, 6.45) is -1.13. The zero-order valence-corrected chi connectivity index (χ0v) is 9.91. The monoisotopic (exact) mass is 263 g/mol. The lowest BCUT2D eigenvalue weighted by Crippen LogP contribution is -2.45. The Morgan fingerprint density at radius 3 is 2.67 bits per heavy atom. The molecule has 1 saturated heterocycles. The fourth-order valence-corrected chi connectivity index (χ4v) is 2.13. The molecule has 7 heteroatoms. The normalized spacial score (nSPS) is 19.3. The molecule has 0 saturated carbocycles. The van der Waals surface area contributed by atoms with Gasteiger partial charge in [0.2, 0.25) is 0 Å². The number of aromatic nitrogens is 1. The van der Waals surface area contributed by atoms with Crippen molar-refractivity contribution in [2.75, 3.05) is 19.6 Å². The van der Waals surface area contributed by atoms with Crippen LogP contribution in [0.4, 0.5) is 13.2 Å². The molecule has 0 aromatic carbocycles. The molecular weight excluding hydrogens is 247 g/mol. The zero-order valence-electron chi connectivity index (χ0n) is 9.91. The van der Waals surface area contributed by atoms with Gasteiger partial charge >= 0.3 is 6.18 Å². The van der Waals surface area contributed by atoms with Gasteiger partial charge in [0.1, 0.15) is 6.26 Å². The van der Waals surface area contributed by atoms with E-state index in [1.807, 2.05) is 0 Å². The van der Waals surface area contributed by atoms with Crippen LogP contribution in [0.5, 0.6) is 0 Å². The molecule has 0 bridgehead atoms. The lowest BCUT2D eigenvalue weighted by Gasteiger charge is -2.32. The van der Waals surface area contributed by atoms with Crippen molar-refractivity contribution < 1.29 is 17.7 Å². The molecule has 0 radical (unpaired) electrons. The highest BCUT2D eigenvalue weighted by atomic mass is 19.4. The summed E-state index contributed by atoms with van der Waals surface area (Å²) < 4.78 is 41.3. The van der Waals surface area contributed by atoms with Crippen molar-refractivity contribution in [1.29, 1.82) is 0 Å². The largest absolute Gasteiger partial charge is 0.401 e. The first-order valence-electron chi connectivity index (χ1n) is 5.95. The summed E-state index contributed by atoms with van der Waals surface area (Å²) in [6.45, 7) is 0.759. The molecule has 1 aliphatic heterocycles. The van der Waals surface area contributed by atoms with Gasteiger partial charge in [-0.1, -0.05) is 5.16 Å². The van der Waals surface area contributed by atoms with E-state index in [-0.39, 0.29) is 6.04 Å². The number of hydrogen-bond acceptors (Lipinski definition) is 4. The molecule has 1 aliphatic rings. The number of alkyl halides is 3. The summed E-state index contributed by atoms with van der Waals surface area (Å²) in [4.78, 5) is 1.45. The quantitative estimate of drug-likeness (QED) is 0.899. The van der Waals surface area contributed by atoms with Gasteiger partial charge in [-0.25, -0.2) is 0 Å². The third-order valence-corrected chi connectivity index (χ3v) is 3.05. The van der Waals surface area contributed by atoms with Crippen LogP contribution in [0.1, 0.15) is 18.5 Å². The molecule has 102 valence electrons. The molecule has 2 rings (SSSR count). The van der Waals surface area contributed by atoms with Crippen LogP contribution in [-0.4, -0.2) is 41.9 Å². The fourth-order valence-electron chi connectivity index (χ4n) is 2.13. The number of rotatable bonds is 4. The van der Waals surface area contributed by atoms with E-state index >= 15 is 0 Å². The Labute approximate surface area is 103 Å². The van der Waals surface area contributed by atoms with Gasteiger partial charge < -0.3 is 9.84 Å². The summed E-state index contributed by atoms with van der Waals surface area (Å²) in [7, 11) is 0. The van der Waals surface area contributed by atoms with Crippen LogP contribution in [0.25, 0.3) is 0 Å². The average molecular weight is 263 g/mol. The van der Waals surface area contributed by atoms with Gasteiger partial charge in [0.15, 0.2) is 0 Å². The lowest BCUT2D eigenvalue weighted by atomic mass is 10.0. The minimum absolute atomic E-state index is 0.256. The third kappa shape index (κ3) is 4.30. The second-order valence-corrected chi connectivity index (χ2v) is 4.54. The van der Waals surface area contributed by atoms with Crippen LogP contribution in [-0.2, 0) is 6.54 Å². The number of nitrogens with one attached hydrogen (secondary N) is 1.